The molecule has 6 heteroatoms. The van der Waals surface area contributed by atoms with E-state index in [1.165, 1.54) is 31.4 Å². The highest BCUT2D eigenvalue weighted by molar-refractivity contribution is 5.94. The van der Waals surface area contributed by atoms with Gasteiger partial charge in [0.25, 0.3) is 0 Å². The Hall–Kier alpha value is -2.63. The van der Waals surface area contributed by atoms with Crippen LogP contribution in [0.25, 0.3) is 0 Å². The van der Waals surface area contributed by atoms with E-state index < -0.39 is 11.8 Å². The third kappa shape index (κ3) is 2.85. The number of benzene rings is 1. The molecular weight excluding hydrogens is 267 g/mol. The van der Waals surface area contributed by atoms with Gasteiger partial charge in [0, 0.05) is 6.07 Å². The monoisotopic (exact) mass is 278 g/mol. The number of hydrogen-bond acceptors (Lipinski definition) is 4. The summed E-state index contributed by atoms with van der Waals surface area (Å²) in [6.07, 6.45) is 1.24. The fourth-order valence-electron chi connectivity index (χ4n) is 1.66. The number of halogens is 1. The molecule has 0 fully saturated rings. The molecule has 0 bridgehead atoms. The molecule has 1 heterocycles. The van der Waals surface area contributed by atoms with Crippen molar-refractivity contribution in [2.75, 3.05) is 0 Å². The first-order chi connectivity index (χ1) is 9.49. The molecule has 20 heavy (non-hydrogen) atoms. The Bertz CT molecular complexity index is 659. The van der Waals surface area contributed by atoms with Crippen LogP contribution in [0, 0.1) is 5.82 Å². The summed E-state index contributed by atoms with van der Waals surface area (Å²) in [4.78, 5) is 21.9. The van der Waals surface area contributed by atoms with E-state index in [2.05, 4.69) is 0 Å². The molecule has 0 aliphatic heterocycles. The standard InChI is InChI=1S/C14H11FO5/c1-8(16)10-3-2-9(6-12(10)15)20-7-13-11(14(17)18)4-5-19-13/h2-6H,7H2,1H3,(H,17,18). The lowest BCUT2D eigenvalue weighted by Gasteiger charge is -2.06. The zero-order chi connectivity index (χ0) is 14.7. The third-order valence-corrected chi connectivity index (χ3v) is 2.67. The Morgan fingerprint density at radius 1 is 1.30 bits per heavy atom. The zero-order valence-electron chi connectivity index (χ0n) is 10.6. The Morgan fingerprint density at radius 2 is 2.05 bits per heavy atom. The fraction of sp³-hybridized carbons (Fsp3) is 0.143. The van der Waals surface area contributed by atoms with Crippen LogP contribution in [0.3, 0.4) is 0 Å². The molecule has 0 unspecified atom stereocenters. The van der Waals surface area contributed by atoms with Gasteiger partial charge in [-0.15, -0.1) is 0 Å². The van der Waals surface area contributed by atoms with Gasteiger partial charge < -0.3 is 14.3 Å². The molecule has 1 N–H and O–H groups in total. The summed E-state index contributed by atoms with van der Waals surface area (Å²) >= 11 is 0. The highest BCUT2D eigenvalue weighted by Gasteiger charge is 2.14. The van der Waals surface area contributed by atoms with E-state index in [0.29, 0.717) is 0 Å². The highest BCUT2D eigenvalue weighted by Crippen LogP contribution is 2.19. The van der Waals surface area contributed by atoms with Crippen molar-refractivity contribution in [3.63, 3.8) is 0 Å². The zero-order valence-corrected chi connectivity index (χ0v) is 10.6. The predicted molar refractivity (Wildman–Crippen MR) is 66.4 cm³/mol. The Morgan fingerprint density at radius 3 is 2.65 bits per heavy atom. The molecule has 0 aliphatic rings. The molecule has 2 aromatic rings. The van der Waals surface area contributed by atoms with Crippen LogP contribution < -0.4 is 4.74 Å². The van der Waals surface area contributed by atoms with Gasteiger partial charge in [0.1, 0.15) is 23.7 Å². The minimum absolute atomic E-state index is 0.00849. The number of ketones is 1. The van der Waals surface area contributed by atoms with Crippen LogP contribution in [0.15, 0.2) is 34.9 Å². The summed E-state index contributed by atoms with van der Waals surface area (Å²) in [6.45, 7) is 1.12. The number of Topliss-reactive ketones (excluding diaryl/α,β-unsaturated/α-hetero) is 1. The molecule has 1 aromatic carbocycles. The van der Waals surface area contributed by atoms with Gasteiger partial charge in [0.05, 0.1) is 11.8 Å². The van der Waals surface area contributed by atoms with Crippen LogP contribution in [0.2, 0.25) is 0 Å². The van der Waals surface area contributed by atoms with Gasteiger partial charge in [-0.2, -0.15) is 0 Å². The lowest BCUT2D eigenvalue weighted by atomic mass is 10.1. The second kappa shape index (κ2) is 5.56. The first-order valence-corrected chi connectivity index (χ1v) is 5.72. The minimum atomic E-state index is -1.13. The van der Waals surface area contributed by atoms with Crippen molar-refractivity contribution in [3.05, 3.63) is 53.2 Å². The van der Waals surface area contributed by atoms with E-state index in [1.54, 1.807) is 0 Å². The fourth-order valence-corrected chi connectivity index (χ4v) is 1.66. The van der Waals surface area contributed by atoms with E-state index in [9.17, 15) is 14.0 Å². The van der Waals surface area contributed by atoms with Crippen molar-refractivity contribution in [1.82, 2.24) is 0 Å². The first-order valence-electron chi connectivity index (χ1n) is 5.72. The molecule has 0 radical (unpaired) electrons. The van der Waals surface area contributed by atoms with Gasteiger partial charge in [-0.05, 0) is 25.1 Å². The number of carboxylic acid groups (broad SMARTS) is 1. The van der Waals surface area contributed by atoms with Crippen molar-refractivity contribution in [3.8, 4) is 5.75 Å². The highest BCUT2D eigenvalue weighted by atomic mass is 19.1. The maximum atomic E-state index is 13.6. The summed E-state index contributed by atoms with van der Waals surface area (Å²) in [5.74, 6) is -1.88. The van der Waals surface area contributed by atoms with E-state index in [-0.39, 0.29) is 35.0 Å². The Kier molecular flexibility index (Phi) is 3.84. The molecule has 2 rings (SSSR count). The molecule has 0 amide bonds. The summed E-state index contributed by atoms with van der Waals surface area (Å²) in [6, 6.07) is 5.12. The summed E-state index contributed by atoms with van der Waals surface area (Å²) in [5, 5.41) is 8.88. The normalized spacial score (nSPS) is 10.3. The van der Waals surface area contributed by atoms with Crippen molar-refractivity contribution < 1.29 is 28.2 Å². The number of rotatable bonds is 5. The van der Waals surface area contributed by atoms with Gasteiger partial charge in [0.2, 0.25) is 0 Å². The Balaban J connectivity index is 2.11. The van der Waals surface area contributed by atoms with Crippen LogP contribution in [-0.2, 0) is 6.61 Å². The van der Waals surface area contributed by atoms with E-state index in [1.807, 2.05) is 0 Å². The van der Waals surface area contributed by atoms with Crippen molar-refractivity contribution >= 4 is 11.8 Å². The van der Waals surface area contributed by atoms with Crippen LogP contribution in [0.4, 0.5) is 4.39 Å². The van der Waals surface area contributed by atoms with Crippen molar-refractivity contribution in [2.24, 2.45) is 0 Å². The Labute approximate surface area is 113 Å². The molecule has 0 saturated heterocycles. The molecule has 5 nitrogen and oxygen atoms in total. The van der Waals surface area contributed by atoms with Gasteiger partial charge >= 0.3 is 5.97 Å². The van der Waals surface area contributed by atoms with Crippen molar-refractivity contribution in [2.45, 2.75) is 13.5 Å². The van der Waals surface area contributed by atoms with Crippen molar-refractivity contribution in [1.29, 1.82) is 0 Å². The number of aromatic carboxylic acids is 1. The number of carboxylic acids is 1. The predicted octanol–water partition coefficient (Wildman–Crippen LogP) is 2.90. The molecule has 0 spiro atoms. The second-order valence-electron chi connectivity index (χ2n) is 4.05. The SMILES string of the molecule is CC(=O)c1ccc(OCc2occc2C(=O)O)cc1F. The first kappa shape index (κ1) is 13.8. The van der Waals surface area contributed by atoms with E-state index in [4.69, 9.17) is 14.3 Å². The van der Waals surface area contributed by atoms with E-state index in [0.717, 1.165) is 6.07 Å². The van der Waals surface area contributed by atoms with Crippen LogP contribution in [-0.4, -0.2) is 16.9 Å². The second-order valence-corrected chi connectivity index (χ2v) is 4.05. The van der Waals surface area contributed by atoms with Crippen LogP contribution in [0.5, 0.6) is 5.75 Å². The lowest BCUT2D eigenvalue weighted by molar-refractivity contribution is 0.0691. The quantitative estimate of drug-likeness (QED) is 0.851. The summed E-state index contributed by atoms with van der Waals surface area (Å²) < 4.78 is 23.8. The number of furan rings is 1. The lowest BCUT2D eigenvalue weighted by Crippen LogP contribution is -2.03. The third-order valence-electron chi connectivity index (χ3n) is 2.67. The average Bonchev–Trinajstić information content (AvgIpc) is 2.84. The maximum absolute atomic E-state index is 13.6. The van der Waals surface area contributed by atoms with E-state index >= 15 is 0 Å². The molecule has 0 aliphatic carbocycles. The largest absolute Gasteiger partial charge is 0.486 e. The number of carbonyl (C=O) groups excluding carboxylic acids is 1. The van der Waals surface area contributed by atoms with Crippen LogP contribution >= 0.6 is 0 Å². The van der Waals surface area contributed by atoms with Crippen LogP contribution in [0.1, 0.15) is 33.4 Å². The van der Waals surface area contributed by atoms with Gasteiger partial charge in [0.15, 0.2) is 11.5 Å². The summed E-state index contributed by atoms with van der Waals surface area (Å²) in [7, 11) is 0. The van der Waals surface area contributed by atoms with Gasteiger partial charge in [-0.25, -0.2) is 9.18 Å². The summed E-state index contributed by atoms with van der Waals surface area (Å²) in [5.41, 5.74) is -0.0348. The molecular formula is C14H11FO5. The molecule has 104 valence electrons. The number of ether oxygens (including phenoxy) is 1. The molecule has 0 saturated carbocycles. The van der Waals surface area contributed by atoms with Gasteiger partial charge in [-0.3, -0.25) is 4.79 Å². The number of hydrogen-bond donors (Lipinski definition) is 1. The minimum Gasteiger partial charge on any atom is -0.486 e. The van der Waals surface area contributed by atoms with Gasteiger partial charge in [-0.1, -0.05) is 0 Å². The average molecular weight is 278 g/mol. The molecule has 0 atom stereocenters. The number of carbonyl (C=O) groups is 2. The molecule has 1 aromatic heterocycles. The smallest absolute Gasteiger partial charge is 0.339 e. The maximum Gasteiger partial charge on any atom is 0.339 e. The topological polar surface area (TPSA) is 76.7 Å².